The van der Waals surface area contributed by atoms with E-state index in [0.29, 0.717) is 6.29 Å². The van der Waals surface area contributed by atoms with E-state index in [1.807, 2.05) is 0 Å². The maximum atomic E-state index is 14.4. The lowest BCUT2D eigenvalue weighted by atomic mass is 10.1. The molecule has 0 saturated carbocycles. The summed E-state index contributed by atoms with van der Waals surface area (Å²) in [4.78, 5) is 15.4. The summed E-state index contributed by atoms with van der Waals surface area (Å²) in [6, 6.07) is 2.79. The first-order valence-electron chi connectivity index (χ1n) is 7.11. The molecule has 25 heavy (non-hydrogen) atoms. The molecule has 0 fully saturated rings. The molecule has 0 aromatic heterocycles. The van der Waals surface area contributed by atoms with Gasteiger partial charge in [0.15, 0.2) is 17.9 Å². The first-order chi connectivity index (χ1) is 11.8. The zero-order valence-electron chi connectivity index (χ0n) is 13.9. The van der Waals surface area contributed by atoms with Crippen LogP contribution in [0.5, 0.6) is 5.75 Å². The van der Waals surface area contributed by atoms with Gasteiger partial charge in [0.05, 0.1) is 30.0 Å². The number of halogens is 2. The number of ether oxygens (including phenoxy) is 2. The van der Waals surface area contributed by atoms with E-state index >= 15 is 0 Å². The Labute approximate surface area is 150 Å². The van der Waals surface area contributed by atoms with E-state index < -0.39 is 5.82 Å². The third-order valence-corrected chi connectivity index (χ3v) is 3.37. The van der Waals surface area contributed by atoms with Crippen LogP contribution in [0, 0.1) is 5.82 Å². The number of hydrogen-bond donors (Lipinski definition) is 2. The Kier molecular flexibility index (Phi) is 7.20. The molecule has 1 aromatic rings. The lowest BCUT2D eigenvalue weighted by Gasteiger charge is -2.13. The summed E-state index contributed by atoms with van der Waals surface area (Å²) in [6.45, 7) is 9.32. The average molecular weight is 368 g/mol. The van der Waals surface area contributed by atoms with Gasteiger partial charge in [-0.1, -0.05) is 24.8 Å². The molecule has 134 valence electrons. The van der Waals surface area contributed by atoms with Crippen molar-refractivity contribution in [3.05, 3.63) is 58.8 Å². The molecule has 8 heteroatoms. The van der Waals surface area contributed by atoms with Gasteiger partial charge in [-0.05, 0) is 19.1 Å². The number of aldehydes is 1. The number of nitrogens with two attached hydrogens (primary N) is 2. The quantitative estimate of drug-likeness (QED) is 0.318. The van der Waals surface area contributed by atoms with Gasteiger partial charge in [-0.25, -0.2) is 9.38 Å². The van der Waals surface area contributed by atoms with E-state index in [-0.39, 0.29) is 51.5 Å². The summed E-state index contributed by atoms with van der Waals surface area (Å²) in [5.74, 6) is -1.07. The second kappa shape index (κ2) is 8.89. The van der Waals surface area contributed by atoms with Crippen molar-refractivity contribution in [3.63, 3.8) is 0 Å². The summed E-state index contributed by atoms with van der Waals surface area (Å²) < 4.78 is 24.6. The molecule has 4 N–H and O–H groups in total. The highest BCUT2D eigenvalue weighted by Crippen LogP contribution is 2.33. The van der Waals surface area contributed by atoms with Crippen LogP contribution in [0.25, 0.3) is 5.70 Å². The van der Waals surface area contributed by atoms with E-state index in [1.54, 1.807) is 6.92 Å². The molecule has 0 bridgehead atoms. The smallest absolute Gasteiger partial charge is 0.175 e. The van der Waals surface area contributed by atoms with Crippen molar-refractivity contribution in [2.75, 3.05) is 13.7 Å². The molecule has 1 rings (SSSR count). The maximum absolute atomic E-state index is 14.4. The van der Waals surface area contributed by atoms with Crippen molar-refractivity contribution >= 4 is 29.3 Å². The number of carbonyl (C=O) groups is 1. The summed E-state index contributed by atoms with van der Waals surface area (Å²) >= 11 is 5.85. The van der Waals surface area contributed by atoms with Crippen LogP contribution in [-0.4, -0.2) is 25.7 Å². The highest BCUT2D eigenvalue weighted by molar-refractivity contribution is 6.38. The van der Waals surface area contributed by atoms with Crippen molar-refractivity contribution in [2.45, 2.75) is 6.92 Å². The number of rotatable bonds is 8. The highest BCUT2D eigenvalue weighted by Gasteiger charge is 2.19. The lowest BCUT2D eigenvalue weighted by Crippen LogP contribution is -2.21. The molecular formula is C17H19ClFN3O3. The Balaban J connectivity index is 3.40. The SMILES string of the molecule is C=C(OCC)C(=C(N)N)/C(C=O)=N\C(=C)c1ccc(Cl)c(OC)c1F. The molecule has 0 atom stereocenters. The van der Waals surface area contributed by atoms with Crippen LogP contribution in [0.3, 0.4) is 0 Å². The predicted octanol–water partition coefficient (Wildman–Crippen LogP) is 2.78. The van der Waals surface area contributed by atoms with E-state index in [2.05, 4.69) is 18.2 Å². The number of nitrogens with zero attached hydrogens (tertiary/aromatic N) is 1. The van der Waals surface area contributed by atoms with E-state index in [0.717, 1.165) is 0 Å². The largest absolute Gasteiger partial charge is 0.494 e. The minimum Gasteiger partial charge on any atom is -0.494 e. The number of methoxy groups -OCH3 is 1. The Bertz CT molecular complexity index is 769. The van der Waals surface area contributed by atoms with Gasteiger partial charge in [-0.15, -0.1) is 0 Å². The number of allylic oxidation sites excluding steroid dienone is 1. The van der Waals surface area contributed by atoms with Gasteiger partial charge in [-0.3, -0.25) is 4.79 Å². The minimum absolute atomic E-state index is 0.00225. The zero-order valence-corrected chi connectivity index (χ0v) is 14.7. The highest BCUT2D eigenvalue weighted by atomic mass is 35.5. The Morgan fingerprint density at radius 2 is 2.04 bits per heavy atom. The first-order valence-corrected chi connectivity index (χ1v) is 7.48. The molecule has 0 aliphatic rings. The summed E-state index contributed by atoms with van der Waals surface area (Å²) in [7, 11) is 1.28. The second-order valence-electron chi connectivity index (χ2n) is 4.69. The Morgan fingerprint density at radius 3 is 2.52 bits per heavy atom. The first kappa shape index (κ1) is 20.2. The maximum Gasteiger partial charge on any atom is 0.175 e. The van der Waals surface area contributed by atoms with Gasteiger partial charge < -0.3 is 20.9 Å². The topological polar surface area (TPSA) is 99.9 Å². The van der Waals surface area contributed by atoms with Gasteiger partial charge >= 0.3 is 0 Å². The monoisotopic (exact) mass is 367 g/mol. The molecule has 0 aliphatic carbocycles. The van der Waals surface area contributed by atoms with E-state index in [4.69, 9.17) is 32.5 Å². The fourth-order valence-electron chi connectivity index (χ4n) is 1.99. The molecule has 0 amide bonds. The fraction of sp³-hybridized carbons (Fsp3) is 0.176. The standard InChI is InChI=1S/C17H19ClFN3O3/c1-5-25-10(3)14(17(20)21)13(8-23)22-9(2)11-6-7-12(18)16(24-4)15(11)19/h6-8H,2-3,5,20-21H2,1,4H3/b22-13-. The van der Waals surface area contributed by atoms with Crippen molar-refractivity contribution in [1.82, 2.24) is 0 Å². The van der Waals surface area contributed by atoms with Crippen LogP contribution in [0.4, 0.5) is 4.39 Å². The van der Waals surface area contributed by atoms with Gasteiger partial charge in [0.2, 0.25) is 0 Å². The third kappa shape index (κ3) is 4.60. The lowest BCUT2D eigenvalue weighted by molar-refractivity contribution is -0.102. The second-order valence-corrected chi connectivity index (χ2v) is 5.10. The van der Waals surface area contributed by atoms with Crippen molar-refractivity contribution in [2.24, 2.45) is 16.5 Å². The molecule has 6 nitrogen and oxygen atoms in total. The van der Waals surface area contributed by atoms with Crippen LogP contribution < -0.4 is 16.2 Å². The third-order valence-electron chi connectivity index (χ3n) is 3.07. The van der Waals surface area contributed by atoms with Gasteiger partial charge in [-0.2, -0.15) is 0 Å². The number of hydrogen-bond acceptors (Lipinski definition) is 6. The van der Waals surface area contributed by atoms with Gasteiger partial charge in [0, 0.05) is 5.56 Å². The Morgan fingerprint density at radius 1 is 1.40 bits per heavy atom. The molecule has 0 aliphatic heterocycles. The van der Waals surface area contributed by atoms with Crippen molar-refractivity contribution in [3.8, 4) is 5.75 Å². The predicted molar refractivity (Wildman–Crippen MR) is 96.7 cm³/mol. The Hall–Kier alpha value is -2.80. The van der Waals surface area contributed by atoms with Gasteiger partial charge in [0.25, 0.3) is 0 Å². The molecule has 0 saturated heterocycles. The number of benzene rings is 1. The van der Waals surface area contributed by atoms with Crippen molar-refractivity contribution in [1.29, 1.82) is 0 Å². The minimum atomic E-state index is -0.760. The van der Waals surface area contributed by atoms with Crippen LogP contribution >= 0.6 is 11.6 Å². The molecule has 0 spiro atoms. The molecule has 0 heterocycles. The van der Waals surface area contributed by atoms with Crippen molar-refractivity contribution < 1.29 is 18.7 Å². The molecular weight excluding hydrogens is 349 g/mol. The van der Waals surface area contributed by atoms with Crippen LogP contribution in [0.1, 0.15) is 12.5 Å². The summed E-state index contributed by atoms with van der Waals surface area (Å²) in [6.07, 6.45) is 0.398. The van der Waals surface area contributed by atoms with Crippen LogP contribution in [0.15, 0.2) is 47.4 Å². The molecule has 0 radical (unpaired) electrons. The molecule has 1 aromatic carbocycles. The van der Waals surface area contributed by atoms with Crippen LogP contribution in [-0.2, 0) is 9.53 Å². The summed E-state index contributed by atoms with van der Waals surface area (Å²) in [5.41, 5.74) is 10.9. The zero-order chi connectivity index (χ0) is 19.1. The molecule has 0 unspecified atom stereocenters. The normalized spacial score (nSPS) is 10.8. The van der Waals surface area contributed by atoms with E-state index in [1.165, 1.54) is 19.2 Å². The average Bonchev–Trinajstić information content (AvgIpc) is 2.54. The van der Waals surface area contributed by atoms with Gasteiger partial charge in [0.1, 0.15) is 17.3 Å². The number of aliphatic imine (C=N–C) groups is 1. The number of carbonyl (C=O) groups excluding carboxylic acids is 1. The summed E-state index contributed by atoms with van der Waals surface area (Å²) in [5, 5.41) is 0.0904. The fourth-order valence-corrected chi connectivity index (χ4v) is 2.21. The van der Waals surface area contributed by atoms with Crippen LogP contribution in [0.2, 0.25) is 5.02 Å². The van der Waals surface area contributed by atoms with E-state index in [9.17, 15) is 9.18 Å².